The molecule has 1 aliphatic rings. The second-order valence-electron chi connectivity index (χ2n) is 5.61. The van der Waals surface area contributed by atoms with Crippen LogP contribution in [0.1, 0.15) is 40.5 Å². The van der Waals surface area contributed by atoms with Crippen molar-refractivity contribution < 1.29 is 19.1 Å². The van der Waals surface area contributed by atoms with Crippen molar-refractivity contribution in [1.82, 2.24) is 4.90 Å². The van der Waals surface area contributed by atoms with Gasteiger partial charge in [0.15, 0.2) is 0 Å². The van der Waals surface area contributed by atoms with Crippen LogP contribution in [0.2, 0.25) is 0 Å². The lowest BCUT2D eigenvalue weighted by Gasteiger charge is -2.16. The van der Waals surface area contributed by atoms with Gasteiger partial charge in [0, 0.05) is 18.9 Å². The first-order valence-corrected chi connectivity index (χ1v) is 6.85. The third-order valence-corrected chi connectivity index (χ3v) is 3.33. The largest absolute Gasteiger partial charge is 0.465 e. The number of likely N-dealkylation sites (tertiary alicyclic amines) is 1. The summed E-state index contributed by atoms with van der Waals surface area (Å²) in [6, 6.07) is 0. The Morgan fingerprint density at radius 3 is 2.42 bits per heavy atom. The zero-order valence-electron chi connectivity index (χ0n) is 12.1. The molecule has 19 heavy (non-hydrogen) atoms. The van der Waals surface area contributed by atoms with Gasteiger partial charge in [0.05, 0.1) is 12.5 Å². The average Bonchev–Trinajstić information content (AvgIpc) is 2.61. The first kappa shape index (κ1) is 15.7. The van der Waals surface area contributed by atoms with Crippen LogP contribution in [0.5, 0.6) is 0 Å². The van der Waals surface area contributed by atoms with Crippen LogP contribution >= 0.6 is 0 Å². The van der Waals surface area contributed by atoms with Gasteiger partial charge in [-0.1, -0.05) is 27.7 Å². The van der Waals surface area contributed by atoms with Crippen LogP contribution in [-0.2, 0) is 19.1 Å². The molecule has 2 amide bonds. The summed E-state index contributed by atoms with van der Waals surface area (Å²) >= 11 is 0. The number of carbonyl (C=O) groups excluding carboxylic acids is 3. The van der Waals surface area contributed by atoms with Gasteiger partial charge in [0.2, 0.25) is 11.8 Å². The highest BCUT2D eigenvalue weighted by Gasteiger charge is 2.39. The zero-order chi connectivity index (χ0) is 14.6. The van der Waals surface area contributed by atoms with Gasteiger partial charge < -0.3 is 4.74 Å². The molecule has 1 heterocycles. The Morgan fingerprint density at radius 2 is 1.95 bits per heavy atom. The highest BCUT2D eigenvalue weighted by Crippen LogP contribution is 2.26. The molecule has 0 radical (unpaired) electrons. The van der Waals surface area contributed by atoms with Crippen molar-refractivity contribution in [3.05, 3.63) is 0 Å². The molecule has 1 fully saturated rings. The molecule has 5 nitrogen and oxygen atoms in total. The van der Waals surface area contributed by atoms with Crippen molar-refractivity contribution in [2.75, 3.05) is 13.2 Å². The smallest absolute Gasteiger partial charge is 0.308 e. The first-order valence-electron chi connectivity index (χ1n) is 6.85. The van der Waals surface area contributed by atoms with Crippen LogP contribution < -0.4 is 0 Å². The monoisotopic (exact) mass is 269 g/mol. The molecule has 0 bridgehead atoms. The van der Waals surface area contributed by atoms with Crippen molar-refractivity contribution >= 4 is 17.8 Å². The molecule has 0 N–H and O–H groups in total. The number of rotatable bonds is 6. The third kappa shape index (κ3) is 4.04. The lowest BCUT2D eigenvalue weighted by Crippen LogP contribution is -2.33. The molecule has 0 aromatic heterocycles. The van der Waals surface area contributed by atoms with E-state index in [1.165, 1.54) is 4.90 Å². The van der Waals surface area contributed by atoms with Gasteiger partial charge in [0.25, 0.3) is 0 Å². The summed E-state index contributed by atoms with van der Waals surface area (Å²) in [5.74, 6) is -0.612. The van der Waals surface area contributed by atoms with E-state index in [2.05, 4.69) is 0 Å². The summed E-state index contributed by atoms with van der Waals surface area (Å²) in [7, 11) is 0. The molecule has 5 heteroatoms. The highest BCUT2D eigenvalue weighted by molar-refractivity contribution is 6.03. The van der Waals surface area contributed by atoms with E-state index in [9.17, 15) is 14.4 Å². The van der Waals surface area contributed by atoms with Gasteiger partial charge in [-0.2, -0.15) is 0 Å². The van der Waals surface area contributed by atoms with E-state index < -0.39 is 0 Å². The number of amides is 2. The molecule has 0 aliphatic carbocycles. The number of ether oxygens (including phenoxy) is 1. The van der Waals surface area contributed by atoms with Crippen molar-refractivity contribution in [2.45, 2.75) is 40.5 Å². The van der Waals surface area contributed by atoms with Crippen LogP contribution in [0.3, 0.4) is 0 Å². The van der Waals surface area contributed by atoms with Gasteiger partial charge in [-0.15, -0.1) is 0 Å². The normalized spacial score (nSPS) is 19.7. The number of nitrogens with zero attached hydrogens (tertiary/aromatic N) is 1. The minimum Gasteiger partial charge on any atom is -0.465 e. The molecule has 0 aromatic rings. The van der Waals surface area contributed by atoms with E-state index in [1.807, 2.05) is 13.8 Å². The van der Waals surface area contributed by atoms with E-state index >= 15 is 0 Å². The fourth-order valence-corrected chi connectivity index (χ4v) is 2.03. The first-order chi connectivity index (χ1) is 8.84. The Labute approximate surface area is 114 Å². The Morgan fingerprint density at radius 1 is 1.32 bits per heavy atom. The maximum atomic E-state index is 12.0. The van der Waals surface area contributed by atoms with Gasteiger partial charge in [-0.25, -0.2) is 0 Å². The van der Waals surface area contributed by atoms with Crippen LogP contribution in [0.25, 0.3) is 0 Å². The van der Waals surface area contributed by atoms with E-state index in [4.69, 9.17) is 4.74 Å². The predicted octanol–water partition coefficient (Wildman–Crippen LogP) is 1.61. The SMILES string of the molecule is CC(C)C(=O)OCCCN1C(=O)CC(C(C)C)C1=O. The van der Waals surface area contributed by atoms with E-state index in [1.54, 1.807) is 13.8 Å². The summed E-state index contributed by atoms with van der Waals surface area (Å²) in [5.41, 5.74) is 0. The lowest BCUT2D eigenvalue weighted by atomic mass is 9.94. The topological polar surface area (TPSA) is 63.7 Å². The quantitative estimate of drug-likeness (QED) is 0.417. The van der Waals surface area contributed by atoms with E-state index in [0.29, 0.717) is 19.4 Å². The number of hydrogen-bond acceptors (Lipinski definition) is 4. The Bertz CT molecular complexity index is 362. The van der Waals surface area contributed by atoms with E-state index in [0.717, 1.165) is 0 Å². The van der Waals surface area contributed by atoms with Gasteiger partial charge in [0.1, 0.15) is 0 Å². The van der Waals surface area contributed by atoms with Gasteiger partial charge >= 0.3 is 5.97 Å². The minimum atomic E-state index is -0.251. The van der Waals surface area contributed by atoms with Crippen molar-refractivity contribution in [2.24, 2.45) is 17.8 Å². The summed E-state index contributed by atoms with van der Waals surface area (Å²) in [6.07, 6.45) is 0.809. The number of hydrogen-bond donors (Lipinski definition) is 0. The molecule has 1 atom stereocenters. The Hall–Kier alpha value is -1.39. The summed E-state index contributed by atoms with van der Waals surface area (Å²) in [6.45, 7) is 8.02. The molecule has 108 valence electrons. The molecule has 1 rings (SSSR count). The standard InChI is InChI=1S/C14H23NO4/c1-9(2)11-8-12(16)15(13(11)17)6-5-7-19-14(18)10(3)4/h9-11H,5-8H2,1-4H3. The molecule has 0 spiro atoms. The molecular weight excluding hydrogens is 246 g/mol. The van der Waals surface area contributed by atoms with Crippen LogP contribution in [0.4, 0.5) is 0 Å². The number of carbonyl (C=O) groups is 3. The van der Waals surface area contributed by atoms with Crippen molar-refractivity contribution in [1.29, 1.82) is 0 Å². The Balaban J connectivity index is 2.36. The van der Waals surface area contributed by atoms with Crippen LogP contribution in [0, 0.1) is 17.8 Å². The number of esters is 1. The highest BCUT2D eigenvalue weighted by atomic mass is 16.5. The zero-order valence-corrected chi connectivity index (χ0v) is 12.1. The molecule has 1 aliphatic heterocycles. The summed E-state index contributed by atoms with van der Waals surface area (Å²) in [5, 5.41) is 0. The van der Waals surface area contributed by atoms with Crippen LogP contribution in [0.15, 0.2) is 0 Å². The summed E-state index contributed by atoms with van der Waals surface area (Å²) < 4.78 is 5.02. The minimum absolute atomic E-state index is 0.0878. The maximum absolute atomic E-state index is 12.0. The van der Waals surface area contributed by atoms with Crippen LogP contribution in [-0.4, -0.2) is 35.8 Å². The second kappa shape index (κ2) is 6.68. The van der Waals surface area contributed by atoms with E-state index in [-0.39, 0.29) is 42.1 Å². The van der Waals surface area contributed by atoms with Gasteiger partial charge in [-0.3, -0.25) is 19.3 Å². The maximum Gasteiger partial charge on any atom is 0.308 e. The van der Waals surface area contributed by atoms with Crippen molar-refractivity contribution in [3.8, 4) is 0 Å². The molecule has 0 saturated carbocycles. The molecular formula is C14H23NO4. The third-order valence-electron chi connectivity index (χ3n) is 3.33. The van der Waals surface area contributed by atoms with Gasteiger partial charge in [-0.05, 0) is 12.3 Å². The Kier molecular flexibility index (Phi) is 5.51. The molecule has 1 unspecified atom stereocenters. The fourth-order valence-electron chi connectivity index (χ4n) is 2.03. The predicted molar refractivity (Wildman–Crippen MR) is 70.1 cm³/mol. The molecule has 1 saturated heterocycles. The fraction of sp³-hybridized carbons (Fsp3) is 0.786. The van der Waals surface area contributed by atoms with Crippen molar-refractivity contribution in [3.63, 3.8) is 0 Å². The molecule has 0 aromatic carbocycles. The number of imide groups is 1. The lowest BCUT2D eigenvalue weighted by molar-refractivity contribution is -0.147. The second-order valence-corrected chi connectivity index (χ2v) is 5.61. The average molecular weight is 269 g/mol. The summed E-state index contributed by atoms with van der Waals surface area (Å²) in [4.78, 5) is 36.3.